The van der Waals surface area contributed by atoms with Crippen LogP contribution in [-0.2, 0) is 10.3 Å². The van der Waals surface area contributed by atoms with Gasteiger partial charge in [0.2, 0.25) is 0 Å². The number of nitrogens with one attached hydrogen (secondary N) is 1. The molecular formula is C18H26N4O3S. The molecule has 1 N–H and O–H groups in total. The summed E-state index contributed by atoms with van der Waals surface area (Å²) in [6.07, 6.45) is 0. The van der Waals surface area contributed by atoms with Gasteiger partial charge >= 0.3 is 5.97 Å². The van der Waals surface area contributed by atoms with E-state index in [9.17, 15) is 9.59 Å². The Hall–Kier alpha value is -2.22. The molecule has 0 spiro atoms. The molecule has 0 radical (unpaired) electrons. The number of hydrogen-bond acceptors (Lipinski definition) is 6. The summed E-state index contributed by atoms with van der Waals surface area (Å²) in [5.74, 6) is -0.540. The fourth-order valence-corrected chi connectivity index (χ4v) is 3.31. The lowest BCUT2D eigenvalue weighted by Crippen LogP contribution is -2.26. The monoisotopic (exact) mass is 378 g/mol. The Morgan fingerprint density at radius 3 is 2.50 bits per heavy atom. The zero-order chi connectivity index (χ0) is 19.6. The first-order valence-electron chi connectivity index (χ1n) is 8.61. The fraction of sp³-hybridized carbons (Fsp3) is 0.556. The summed E-state index contributed by atoms with van der Waals surface area (Å²) in [6, 6.07) is 1.80. The van der Waals surface area contributed by atoms with Gasteiger partial charge in [0.25, 0.3) is 5.91 Å². The second-order valence-corrected chi connectivity index (χ2v) is 8.30. The third kappa shape index (κ3) is 4.30. The number of aromatic nitrogens is 3. The molecule has 2 aromatic heterocycles. The number of aryl methyl sites for hydroxylation is 1. The van der Waals surface area contributed by atoms with E-state index in [0.29, 0.717) is 28.0 Å². The molecule has 1 amide bonds. The number of nitrogens with zero attached hydrogens (tertiary/aromatic N) is 3. The highest BCUT2D eigenvalue weighted by molar-refractivity contribution is 7.17. The third-order valence-corrected chi connectivity index (χ3v) is 4.73. The molecule has 0 fully saturated rings. The standard InChI is InChI=1S/C18H26N4O3S/c1-8-25-16(24)14-11(4)19-17(26-14)20-15(23)12-9-13(10(2)3)22(21-12)18(5,6)7/h9-10H,8H2,1-7H3,(H,19,20,23). The van der Waals surface area contributed by atoms with Crippen molar-refractivity contribution in [1.82, 2.24) is 14.8 Å². The van der Waals surface area contributed by atoms with Crippen molar-refractivity contribution >= 4 is 28.3 Å². The van der Waals surface area contributed by atoms with E-state index in [-0.39, 0.29) is 17.4 Å². The van der Waals surface area contributed by atoms with E-state index in [1.165, 1.54) is 0 Å². The van der Waals surface area contributed by atoms with E-state index in [4.69, 9.17) is 4.74 Å². The fourth-order valence-electron chi connectivity index (χ4n) is 2.45. The molecule has 0 aliphatic carbocycles. The van der Waals surface area contributed by atoms with E-state index in [2.05, 4.69) is 29.2 Å². The number of rotatable bonds is 5. The zero-order valence-electron chi connectivity index (χ0n) is 16.3. The molecular weight excluding hydrogens is 352 g/mol. The Bertz CT molecular complexity index is 815. The van der Waals surface area contributed by atoms with Crippen molar-refractivity contribution in [2.45, 2.75) is 59.9 Å². The molecule has 0 aliphatic heterocycles. The molecule has 0 aliphatic rings. The van der Waals surface area contributed by atoms with E-state index >= 15 is 0 Å². The van der Waals surface area contributed by atoms with Crippen LogP contribution in [0.1, 0.15) is 79.0 Å². The molecule has 0 saturated carbocycles. The van der Waals surface area contributed by atoms with Gasteiger partial charge in [-0.25, -0.2) is 9.78 Å². The van der Waals surface area contributed by atoms with Gasteiger partial charge in [0, 0.05) is 5.69 Å². The number of thiazole rings is 1. The maximum absolute atomic E-state index is 12.6. The first kappa shape index (κ1) is 20.1. The first-order valence-corrected chi connectivity index (χ1v) is 9.42. The second-order valence-electron chi connectivity index (χ2n) is 7.30. The number of amides is 1. The number of esters is 1. The molecule has 0 atom stereocenters. The number of ether oxygens (including phenoxy) is 1. The molecule has 0 bridgehead atoms. The quantitative estimate of drug-likeness (QED) is 0.796. The van der Waals surface area contributed by atoms with Crippen molar-refractivity contribution in [2.24, 2.45) is 0 Å². The second kappa shape index (κ2) is 7.57. The van der Waals surface area contributed by atoms with Crippen LogP contribution in [0.5, 0.6) is 0 Å². The van der Waals surface area contributed by atoms with Crippen LogP contribution < -0.4 is 5.32 Å². The van der Waals surface area contributed by atoms with Gasteiger partial charge in [-0.1, -0.05) is 25.2 Å². The zero-order valence-corrected chi connectivity index (χ0v) is 17.2. The summed E-state index contributed by atoms with van der Waals surface area (Å²) in [5.41, 5.74) is 1.62. The van der Waals surface area contributed by atoms with E-state index in [1.807, 2.05) is 25.5 Å². The van der Waals surface area contributed by atoms with Crippen LogP contribution in [0.25, 0.3) is 0 Å². The Morgan fingerprint density at radius 2 is 2.00 bits per heavy atom. The van der Waals surface area contributed by atoms with Crippen LogP contribution in [-0.4, -0.2) is 33.2 Å². The maximum atomic E-state index is 12.6. The predicted octanol–water partition coefficient (Wildman–Crippen LogP) is 3.96. The molecule has 0 saturated heterocycles. The molecule has 2 aromatic rings. The summed E-state index contributed by atoms with van der Waals surface area (Å²) >= 11 is 1.10. The van der Waals surface area contributed by atoms with Crippen LogP contribution in [0.15, 0.2) is 6.07 Å². The average molecular weight is 378 g/mol. The minimum Gasteiger partial charge on any atom is -0.462 e. The van der Waals surface area contributed by atoms with Crippen LogP contribution in [0.2, 0.25) is 0 Å². The van der Waals surface area contributed by atoms with Crippen molar-refractivity contribution in [3.63, 3.8) is 0 Å². The van der Waals surface area contributed by atoms with Gasteiger partial charge in [-0.3, -0.25) is 14.8 Å². The van der Waals surface area contributed by atoms with Crippen LogP contribution in [0.4, 0.5) is 5.13 Å². The van der Waals surface area contributed by atoms with Crippen LogP contribution in [0, 0.1) is 6.92 Å². The molecule has 8 heteroatoms. The van der Waals surface area contributed by atoms with Gasteiger partial charge in [0.1, 0.15) is 4.88 Å². The van der Waals surface area contributed by atoms with Gasteiger partial charge in [-0.2, -0.15) is 5.10 Å². The van der Waals surface area contributed by atoms with E-state index in [1.54, 1.807) is 19.9 Å². The summed E-state index contributed by atoms with van der Waals surface area (Å²) in [7, 11) is 0. The number of hydrogen-bond donors (Lipinski definition) is 1. The number of anilines is 1. The smallest absolute Gasteiger partial charge is 0.350 e. The molecule has 142 valence electrons. The molecule has 0 unspecified atom stereocenters. The third-order valence-electron chi connectivity index (χ3n) is 3.67. The van der Waals surface area contributed by atoms with Crippen molar-refractivity contribution in [1.29, 1.82) is 0 Å². The molecule has 2 rings (SSSR count). The normalized spacial score (nSPS) is 11.7. The Morgan fingerprint density at radius 1 is 1.35 bits per heavy atom. The summed E-state index contributed by atoms with van der Waals surface area (Å²) in [4.78, 5) is 29.1. The van der Waals surface area contributed by atoms with Crippen molar-refractivity contribution < 1.29 is 14.3 Å². The van der Waals surface area contributed by atoms with E-state index in [0.717, 1.165) is 17.0 Å². The lowest BCUT2D eigenvalue weighted by atomic mass is 10.1. The molecule has 2 heterocycles. The summed E-state index contributed by atoms with van der Waals surface area (Å²) in [5, 5.41) is 7.57. The first-order chi connectivity index (χ1) is 12.0. The summed E-state index contributed by atoms with van der Waals surface area (Å²) < 4.78 is 6.88. The van der Waals surface area contributed by atoms with Gasteiger partial charge in [0.05, 0.1) is 17.8 Å². The molecule has 7 nitrogen and oxygen atoms in total. The highest BCUT2D eigenvalue weighted by Gasteiger charge is 2.24. The van der Waals surface area contributed by atoms with Crippen molar-refractivity contribution in [2.75, 3.05) is 11.9 Å². The highest BCUT2D eigenvalue weighted by atomic mass is 32.1. The maximum Gasteiger partial charge on any atom is 0.350 e. The summed E-state index contributed by atoms with van der Waals surface area (Å²) in [6.45, 7) is 14.0. The lowest BCUT2D eigenvalue weighted by Gasteiger charge is -2.23. The van der Waals surface area contributed by atoms with Gasteiger partial charge in [-0.05, 0) is 46.6 Å². The van der Waals surface area contributed by atoms with Crippen LogP contribution in [0.3, 0.4) is 0 Å². The Kier molecular flexibility index (Phi) is 5.85. The van der Waals surface area contributed by atoms with Gasteiger partial charge < -0.3 is 4.74 Å². The molecule has 26 heavy (non-hydrogen) atoms. The minimum atomic E-state index is -0.429. The van der Waals surface area contributed by atoms with Crippen LogP contribution >= 0.6 is 11.3 Å². The van der Waals surface area contributed by atoms with Gasteiger partial charge in [-0.15, -0.1) is 0 Å². The van der Waals surface area contributed by atoms with Gasteiger partial charge in [0.15, 0.2) is 10.8 Å². The largest absolute Gasteiger partial charge is 0.462 e. The van der Waals surface area contributed by atoms with Crippen molar-refractivity contribution in [3.05, 3.63) is 28.0 Å². The van der Waals surface area contributed by atoms with Crippen molar-refractivity contribution in [3.8, 4) is 0 Å². The average Bonchev–Trinajstić information content (AvgIpc) is 3.11. The highest BCUT2D eigenvalue weighted by Crippen LogP contribution is 2.26. The SMILES string of the molecule is CCOC(=O)c1sc(NC(=O)c2cc(C(C)C)n(C(C)(C)C)n2)nc1C. The Balaban J connectivity index is 2.26. The van der Waals surface area contributed by atoms with E-state index < -0.39 is 5.97 Å². The lowest BCUT2D eigenvalue weighted by molar-refractivity contribution is 0.0531. The Labute approximate surface area is 157 Å². The molecule has 0 aromatic carbocycles. The topological polar surface area (TPSA) is 86.1 Å². The number of carbonyl (C=O) groups excluding carboxylic acids is 2. The predicted molar refractivity (Wildman–Crippen MR) is 102 cm³/mol. The number of carbonyl (C=O) groups is 2. The minimum absolute atomic E-state index is 0.229.